The van der Waals surface area contributed by atoms with E-state index in [1.54, 1.807) is 32.1 Å². The smallest absolute Gasteiger partial charge is 0.146 e. The van der Waals surface area contributed by atoms with Crippen molar-refractivity contribution < 1.29 is 24.5 Å². The minimum Gasteiger partial charge on any atom is -0.392 e. The fraction of sp³-hybridized carbons (Fsp3) is 0.759. The molecule has 1 saturated carbocycles. The molecule has 0 bridgehead atoms. The molecule has 7 atom stereocenters. The number of nitrogens with zero attached hydrogens (tertiary/aromatic N) is 1. The van der Waals surface area contributed by atoms with Gasteiger partial charge in [0.1, 0.15) is 11.6 Å². The van der Waals surface area contributed by atoms with E-state index >= 15 is 0 Å². The number of aromatic nitrogens is 1. The fourth-order valence-corrected chi connectivity index (χ4v) is 6.40. The number of hydrogen-bond donors (Lipinski definition) is 2. The number of ketones is 2. The van der Waals surface area contributed by atoms with Gasteiger partial charge >= 0.3 is 0 Å². The number of aliphatic hydroxyl groups is 2. The molecule has 1 saturated heterocycles. The summed E-state index contributed by atoms with van der Waals surface area (Å²) >= 11 is 1.60. The van der Waals surface area contributed by atoms with E-state index in [9.17, 15) is 19.8 Å². The summed E-state index contributed by atoms with van der Waals surface area (Å²) in [5, 5.41) is 24.9. The summed E-state index contributed by atoms with van der Waals surface area (Å²) in [6.07, 6.45) is 4.76. The molecule has 0 aromatic carbocycles. The normalized spacial score (nSPS) is 37.0. The highest BCUT2D eigenvalue weighted by atomic mass is 32.1. The Balaban J connectivity index is 1.88. The predicted molar refractivity (Wildman–Crippen MR) is 144 cm³/mol. The summed E-state index contributed by atoms with van der Waals surface area (Å²) in [6, 6.07) is 0. The molecule has 1 aromatic rings. The van der Waals surface area contributed by atoms with Crippen LogP contribution in [-0.2, 0) is 14.3 Å². The van der Waals surface area contributed by atoms with Crippen molar-refractivity contribution in [3.63, 3.8) is 0 Å². The zero-order valence-electron chi connectivity index (χ0n) is 23.0. The number of carbonyl (C=O) groups excluding carboxylic acids is 2. The Morgan fingerprint density at radius 1 is 1.25 bits per heavy atom. The molecule has 3 rings (SSSR count). The van der Waals surface area contributed by atoms with Crippen LogP contribution in [0.5, 0.6) is 0 Å². The lowest BCUT2D eigenvalue weighted by molar-refractivity contribution is -0.143. The molecule has 2 aliphatic rings. The molecule has 0 spiro atoms. The van der Waals surface area contributed by atoms with Gasteiger partial charge in [0, 0.05) is 24.1 Å². The molecule has 2 fully saturated rings. The molecule has 0 radical (unpaired) electrons. The third-order valence-electron chi connectivity index (χ3n) is 8.79. The van der Waals surface area contributed by atoms with Crippen LogP contribution in [0, 0.1) is 30.1 Å². The summed E-state index contributed by atoms with van der Waals surface area (Å²) in [6.45, 7) is 13.3. The van der Waals surface area contributed by atoms with Crippen LogP contribution in [0.25, 0.3) is 6.08 Å². The van der Waals surface area contributed by atoms with Gasteiger partial charge in [-0.1, -0.05) is 46.6 Å². The van der Waals surface area contributed by atoms with Gasteiger partial charge in [0.25, 0.3) is 0 Å². The van der Waals surface area contributed by atoms with Crippen LogP contribution < -0.4 is 0 Å². The van der Waals surface area contributed by atoms with Gasteiger partial charge in [-0.2, -0.15) is 0 Å². The van der Waals surface area contributed by atoms with E-state index in [0.717, 1.165) is 48.4 Å². The average Bonchev–Trinajstić information content (AvgIpc) is 3.35. The second-order valence-corrected chi connectivity index (χ2v) is 12.9. The molecule has 202 valence electrons. The van der Waals surface area contributed by atoms with Gasteiger partial charge in [0.05, 0.1) is 40.0 Å². The Kier molecular flexibility index (Phi) is 9.35. The van der Waals surface area contributed by atoms with Crippen molar-refractivity contribution in [3.05, 3.63) is 21.7 Å². The SMILES string of the molecule is CCC12CCCC(C)[C@H](O)C(C)C(=O)C(C)(C)C(O)CC(=O)C[C@H](/C(C)=C/c3csc(C)n3)C[C@@H]1O2. The molecule has 1 aliphatic carbocycles. The van der Waals surface area contributed by atoms with Crippen molar-refractivity contribution in [2.45, 2.75) is 117 Å². The zero-order chi connectivity index (χ0) is 26.8. The Labute approximate surface area is 220 Å². The van der Waals surface area contributed by atoms with E-state index in [1.165, 1.54) is 0 Å². The number of allylic oxidation sites excluding steroid dienone is 1. The molecule has 4 unspecified atom stereocenters. The highest BCUT2D eigenvalue weighted by Gasteiger charge is 2.54. The molecule has 6 nitrogen and oxygen atoms in total. The summed E-state index contributed by atoms with van der Waals surface area (Å²) < 4.78 is 6.29. The first-order valence-corrected chi connectivity index (χ1v) is 14.4. The van der Waals surface area contributed by atoms with E-state index < -0.39 is 23.5 Å². The summed E-state index contributed by atoms with van der Waals surface area (Å²) in [7, 11) is 0. The number of carbonyl (C=O) groups is 2. The first-order chi connectivity index (χ1) is 16.8. The van der Waals surface area contributed by atoms with Crippen LogP contribution in [0.1, 0.15) is 97.2 Å². The third kappa shape index (κ3) is 6.53. The first-order valence-electron chi connectivity index (χ1n) is 13.5. The second kappa shape index (κ2) is 11.5. The minimum absolute atomic E-state index is 0.0171. The maximum Gasteiger partial charge on any atom is 0.146 e. The fourth-order valence-electron chi connectivity index (χ4n) is 5.83. The molecular formula is C29H45NO5S. The Morgan fingerprint density at radius 2 is 1.94 bits per heavy atom. The number of thiazole rings is 1. The van der Waals surface area contributed by atoms with E-state index in [2.05, 4.69) is 24.9 Å². The van der Waals surface area contributed by atoms with Crippen molar-refractivity contribution in [2.24, 2.45) is 23.2 Å². The van der Waals surface area contributed by atoms with Crippen molar-refractivity contribution in [1.82, 2.24) is 4.98 Å². The standard InChI is InChI=1S/C29H45NO5S/c1-8-29-11-9-10-17(2)26(33)19(4)27(34)28(6,7)24(32)15-23(31)13-21(14-25(29)35-29)18(3)12-22-16-36-20(5)30-22/h12,16-17,19,21,24-26,32-33H,8-11,13-15H2,1-7H3/b18-12+/t17?,19?,21-,24?,25-,26-,29?/m0/s1. The lowest BCUT2D eigenvalue weighted by atomic mass is 9.72. The predicted octanol–water partition coefficient (Wildman–Crippen LogP) is 5.53. The van der Waals surface area contributed by atoms with Gasteiger partial charge in [0.2, 0.25) is 0 Å². The van der Waals surface area contributed by atoms with Gasteiger partial charge in [-0.05, 0) is 57.4 Å². The van der Waals surface area contributed by atoms with Crippen molar-refractivity contribution in [3.8, 4) is 0 Å². The summed E-state index contributed by atoms with van der Waals surface area (Å²) in [4.78, 5) is 31.1. The number of fused-ring (bicyclic) bond motifs is 1. The van der Waals surface area contributed by atoms with Crippen LogP contribution in [0.4, 0.5) is 0 Å². The molecule has 1 aromatic heterocycles. The van der Waals surface area contributed by atoms with Gasteiger partial charge in [-0.25, -0.2) is 4.98 Å². The Morgan fingerprint density at radius 3 is 2.56 bits per heavy atom. The van der Waals surface area contributed by atoms with E-state index in [4.69, 9.17) is 4.74 Å². The first kappa shape index (κ1) is 29.2. The van der Waals surface area contributed by atoms with Crippen molar-refractivity contribution in [1.29, 1.82) is 0 Å². The van der Waals surface area contributed by atoms with E-state index in [0.29, 0.717) is 6.42 Å². The Hall–Kier alpha value is -1.41. The highest BCUT2D eigenvalue weighted by molar-refractivity contribution is 7.09. The van der Waals surface area contributed by atoms with Gasteiger partial charge in [-0.3, -0.25) is 9.59 Å². The number of ether oxygens (including phenoxy) is 1. The number of aryl methyl sites for hydroxylation is 1. The molecular weight excluding hydrogens is 474 g/mol. The number of rotatable bonds is 3. The maximum absolute atomic E-state index is 13.3. The van der Waals surface area contributed by atoms with Crippen LogP contribution in [-0.4, -0.2) is 50.7 Å². The van der Waals surface area contributed by atoms with Gasteiger partial charge in [0.15, 0.2) is 0 Å². The van der Waals surface area contributed by atoms with Gasteiger partial charge < -0.3 is 14.9 Å². The van der Waals surface area contributed by atoms with Gasteiger partial charge in [-0.15, -0.1) is 11.3 Å². The minimum atomic E-state index is -1.12. The van der Waals surface area contributed by atoms with Crippen molar-refractivity contribution in [2.75, 3.05) is 0 Å². The average molecular weight is 520 g/mol. The lowest BCUT2D eigenvalue weighted by Crippen LogP contribution is -2.45. The number of epoxide rings is 1. The largest absolute Gasteiger partial charge is 0.392 e. The van der Waals surface area contributed by atoms with E-state index in [1.807, 2.05) is 19.2 Å². The van der Waals surface area contributed by atoms with Crippen LogP contribution in [0.15, 0.2) is 11.0 Å². The number of hydrogen-bond acceptors (Lipinski definition) is 7. The summed E-state index contributed by atoms with van der Waals surface area (Å²) in [5.74, 6) is -0.936. The molecule has 7 heteroatoms. The highest BCUT2D eigenvalue weighted by Crippen LogP contribution is 2.49. The third-order valence-corrected chi connectivity index (χ3v) is 9.58. The Bertz CT molecular complexity index is 969. The molecule has 2 N–H and O–H groups in total. The molecule has 0 amide bonds. The topological polar surface area (TPSA) is 100 Å². The zero-order valence-corrected chi connectivity index (χ0v) is 23.9. The molecule has 36 heavy (non-hydrogen) atoms. The molecule has 2 heterocycles. The van der Waals surface area contributed by atoms with Crippen molar-refractivity contribution >= 4 is 29.0 Å². The molecule has 1 aliphatic heterocycles. The lowest BCUT2D eigenvalue weighted by Gasteiger charge is -2.34. The number of Topliss-reactive ketones (excluding diaryl/α,β-unsaturated/α-hetero) is 2. The number of aliphatic hydroxyl groups excluding tert-OH is 2. The van der Waals surface area contributed by atoms with Crippen LogP contribution in [0.3, 0.4) is 0 Å². The monoisotopic (exact) mass is 519 g/mol. The summed E-state index contributed by atoms with van der Waals surface area (Å²) in [5.41, 5.74) is 0.693. The second-order valence-electron chi connectivity index (χ2n) is 11.8. The van der Waals surface area contributed by atoms with Crippen LogP contribution in [0.2, 0.25) is 0 Å². The maximum atomic E-state index is 13.3. The van der Waals surface area contributed by atoms with E-state index in [-0.39, 0.29) is 41.5 Å². The quantitative estimate of drug-likeness (QED) is 0.509. The van der Waals surface area contributed by atoms with Crippen LogP contribution >= 0.6 is 11.3 Å².